The number of rotatable bonds is 8. The molecule has 0 aliphatic carbocycles. The number of imide groups is 1. The van der Waals surface area contributed by atoms with Gasteiger partial charge in [-0.05, 0) is 59.3 Å². The van der Waals surface area contributed by atoms with Gasteiger partial charge in [-0.25, -0.2) is 8.42 Å². The van der Waals surface area contributed by atoms with Crippen LogP contribution in [0.4, 0.5) is 5.69 Å². The molecule has 1 unspecified atom stereocenters. The first-order valence-electron chi connectivity index (χ1n) is 10.0. The Bertz CT molecular complexity index is 1300. The van der Waals surface area contributed by atoms with Crippen LogP contribution in [0.15, 0.2) is 30.3 Å². The van der Waals surface area contributed by atoms with Crippen LogP contribution in [0.25, 0.3) is 0 Å². The molecule has 0 saturated heterocycles. The Hall–Kier alpha value is -2.38. The van der Waals surface area contributed by atoms with E-state index in [9.17, 15) is 22.8 Å². The quantitative estimate of drug-likeness (QED) is 0.207. The van der Waals surface area contributed by atoms with Crippen LogP contribution in [0, 0.1) is 0 Å². The Balaban J connectivity index is 2.26. The molecule has 3 rings (SSSR count). The number of nitrogens with zero attached hydrogens (tertiary/aromatic N) is 1. The van der Waals surface area contributed by atoms with Crippen molar-refractivity contribution in [2.24, 2.45) is 0 Å². The molecule has 0 radical (unpaired) electrons. The number of amides is 3. The van der Waals surface area contributed by atoms with Crippen LogP contribution in [0.1, 0.15) is 40.1 Å². The highest BCUT2D eigenvalue weighted by atomic mass is 127. The molecule has 0 aromatic heterocycles. The molecule has 9 nitrogen and oxygen atoms in total. The summed E-state index contributed by atoms with van der Waals surface area (Å²) in [5, 5.41) is 2.54. The third kappa shape index (κ3) is 4.86. The molecular formula is C22H22ClIN2O7S. The highest BCUT2D eigenvalue weighted by Crippen LogP contribution is 2.47. The van der Waals surface area contributed by atoms with Crippen molar-refractivity contribution in [3.8, 4) is 11.5 Å². The van der Waals surface area contributed by atoms with Crippen molar-refractivity contribution in [3.05, 3.63) is 52.0 Å². The molecule has 1 aliphatic heterocycles. The lowest BCUT2D eigenvalue weighted by atomic mass is 10.1. The molecule has 0 spiro atoms. The first-order valence-corrected chi connectivity index (χ1v) is 13.5. The van der Waals surface area contributed by atoms with Gasteiger partial charge in [0.15, 0.2) is 21.3 Å². The summed E-state index contributed by atoms with van der Waals surface area (Å²) in [6, 6.07) is 7.50. The molecule has 1 atom stereocenters. The van der Waals surface area contributed by atoms with E-state index in [2.05, 4.69) is 5.32 Å². The van der Waals surface area contributed by atoms with Gasteiger partial charge in [-0.3, -0.25) is 19.3 Å². The minimum atomic E-state index is -3.71. The van der Waals surface area contributed by atoms with Gasteiger partial charge in [-0.15, -0.1) is 0 Å². The van der Waals surface area contributed by atoms with Gasteiger partial charge in [0.25, 0.3) is 11.8 Å². The standard InChI is InChI=1S/C22H22ClIN2O7S/c1-5-33-17-10-13(6-9-16(17)32-3)22(24,11-34(4,30)31)26-20(28)18-14(23)7-8-15(25-12(2)27)19(18)21(26)29/h6-10H,5,11H2,1-4H3,(H,25,27). The van der Waals surface area contributed by atoms with E-state index in [-0.39, 0.29) is 21.8 Å². The summed E-state index contributed by atoms with van der Waals surface area (Å²) < 4.78 is 34.2. The monoisotopic (exact) mass is 620 g/mol. The summed E-state index contributed by atoms with van der Waals surface area (Å²) in [6.45, 7) is 3.34. The topological polar surface area (TPSA) is 119 Å². The van der Waals surface area contributed by atoms with E-state index in [4.69, 9.17) is 21.1 Å². The summed E-state index contributed by atoms with van der Waals surface area (Å²) in [5.74, 6) is -1.84. The summed E-state index contributed by atoms with van der Waals surface area (Å²) in [7, 11) is -2.25. The zero-order valence-corrected chi connectivity index (χ0v) is 22.5. The number of halogens is 2. The fourth-order valence-electron chi connectivity index (χ4n) is 3.75. The Morgan fingerprint density at radius 3 is 2.35 bits per heavy atom. The summed E-state index contributed by atoms with van der Waals surface area (Å²) in [4.78, 5) is 39.7. The number of anilines is 1. The van der Waals surface area contributed by atoms with Crippen molar-refractivity contribution >= 4 is 67.4 Å². The average molecular weight is 621 g/mol. The second kappa shape index (κ2) is 9.70. The van der Waals surface area contributed by atoms with Crippen molar-refractivity contribution in [1.29, 1.82) is 0 Å². The van der Waals surface area contributed by atoms with Gasteiger partial charge < -0.3 is 14.8 Å². The van der Waals surface area contributed by atoms with Crippen LogP contribution >= 0.6 is 34.2 Å². The second-order valence-corrected chi connectivity index (χ2v) is 11.9. The molecule has 0 fully saturated rings. The Morgan fingerprint density at radius 1 is 1.15 bits per heavy atom. The van der Waals surface area contributed by atoms with Crippen LogP contribution in [0.3, 0.4) is 0 Å². The van der Waals surface area contributed by atoms with Crippen LogP contribution in [0.5, 0.6) is 11.5 Å². The molecule has 1 N–H and O–H groups in total. The van der Waals surface area contributed by atoms with Crippen molar-refractivity contribution < 1.29 is 32.3 Å². The van der Waals surface area contributed by atoms with Crippen molar-refractivity contribution in [3.63, 3.8) is 0 Å². The number of methoxy groups -OCH3 is 1. The highest BCUT2D eigenvalue weighted by Gasteiger charge is 2.52. The summed E-state index contributed by atoms with van der Waals surface area (Å²) >= 11 is 8.06. The van der Waals surface area contributed by atoms with E-state index in [1.807, 2.05) is 0 Å². The number of ether oxygens (including phenoxy) is 2. The van der Waals surface area contributed by atoms with Crippen LogP contribution < -0.4 is 14.8 Å². The van der Waals surface area contributed by atoms with Crippen molar-refractivity contribution in [1.82, 2.24) is 4.90 Å². The highest BCUT2D eigenvalue weighted by molar-refractivity contribution is 14.1. The molecule has 2 aromatic carbocycles. The van der Waals surface area contributed by atoms with Gasteiger partial charge in [0.05, 0.1) is 41.3 Å². The predicted octanol–water partition coefficient (Wildman–Crippen LogP) is 3.63. The van der Waals surface area contributed by atoms with Gasteiger partial charge in [-0.1, -0.05) is 17.7 Å². The largest absolute Gasteiger partial charge is 0.493 e. The lowest BCUT2D eigenvalue weighted by Gasteiger charge is -2.35. The summed E-state index contributed by atoms with van der Waals surface area (Å²) in [6.07, 6.45) is 1.02. The minimum absolute atomic E-state index is 0.00722. The van der Waals surface area contributed by atoms with Gasteiger partial charge in [0, 0.05) is 13.2 Å². The Morgan fingerprint density at radius 2 is 1.79 bits per heavy atom. The third-order valence-corrected chi connectivity index (χ3v) is 8.27. The molecule has 12 heteroatoms. The van der Waals surface area contributed by atoms with Gasteiger partial charge in [-0.2, -0.15) is 0 Å². The van der Waals surface area contributed by atoms with Gasteiger partial charge in [0.1, 0.15) is 3.55 Å². The fourth-order valence-corrected chi connectivity index (χ4v) is 7.45. The molecule has 34 heavy (non-hydrogen) atoms. The normalized spacial score (nSPS) is 15.1. The second-order valence-electron chi connectivity index (χ2n) is 7.60. The molecule has 182 valence electrons. The molecule has 0 saturated carbocycles. The number of nitrogens with one attached hydrogen (secondary N) is 1. The smallest absolute Gasteiger partial charge is 0.265 e. The van der Waals surface area contributed by atoms with Gasteiger partial charge >= 0.3 is 0 Å². The lowest BCUT2D eigenvalue weighted by molar-refractivity contribution is -0.114. The van der Waals surface area contributed by atoms with E-state index in [1.165, 1.54) is 26.2 Å². The molecule has 1 heterocycles. The molecule has 0 bridgehead atoms. The number of alkyl halides is 1. The number of fused-ring (bicyclic) bond motifs is 1. The molecule has 2 aromatic rings. The van der Waals surface area contributed by atoms with Crippen molar-refractivity contribution in [2.75, 3.05) is 31.0 Å². The van der Waals surface area contributed by atoms with Crippen LogP contribution in [-0.2, 0) is 18.2 Å². The van der Waals surface area contributed by atoms with E-state index in [1.54, 1.807) is 47.7 Å². The number of hydrogen-bond donors (Lipinski definition) is 1. The number of carbonyl (C=O) groups excluding carboxylic acids is 3. The average Bonchev–Trinajstić information content (AvgIpc) is 3.00. The lowest BCUT2D eigenvalue weighted by Crippen LogP contribution is -2.49. The maximum atomic E-state index is 13.6. The SMILES string of the molecule is CCOc1cc(C(I)(CS(C)(=O)=O)N2C(=O)c3c(Cl)ccc(NC(C)=O)c3C2=O)ccc1OC. The number of hydrogen-bond acceptors (Lipinski definition) is 7. The number of carbonyl (C=O) groups is 3. The predicted molar refractivity (Wildman–Crippen MR) is 136 cm³/mol. The molecule has 1 aliphatic rings. The maximum Gasteiger partial charge on any atom is 0.265 e. The van der Waals surface area contributed by atoms with Crippen LogP contribution in [0.2, 0.25) is 5.02 Å². The third-order valence-electron chi connectivity index (χ3n) is 5.01. The van der Waals surface area contributed by atoms with Crippen LogP contribution in [-0.4, -0.2) is 56.8 Å². The molecule has 3 amide bonds. The Labute approximate surface area is 215 Å². The number of benzene rings is 2. The summed E-state index contributed by atoms with van der Waals surface area (Å²) in [5.41, 5.74) is 0.233. The van der Waals surface area contributed by atoms with Gasteiger partial charge in [0.2, 0.25) is 5.91 Å². The zero-order chi connectivity index (χ0) is 25.4. The van der Waals surface area contributed by atoms with E-state index < -0.39 is 36.9 Å². The fraction of sp³-hybridized carbons (Fsp3) is 0.318. The first kappa shape index (κ1) is 26.2. The maximum absolute atomic E-state index is 13.6. The Kier molecular flexibility index (Phi) is 7.48. The zero-order valence-electron chi connectivity index (χ0n) is 18.8. The molecular weight excluding hydrogens is 599 g/mol. The minimum Gasteiger partial charge on any atom is -0.493 e. The van der Waals surface area contributed by atoms with E-state index >= 15 is 0 Å². The van der Waals surface area contributed by atoms with Crippen molar-refractivity contribution in [2.45, 2.75) is 17.4 Å². The van der Waals surface area contributed by atoms with E-state index in [0.717, 1.165) is 11.2 Å². The first-order chi connectivity index (χ1) is 15.8. The number of sulfone groups is 1. The van der Waals surface area contributed by atoms with E-state index in [0.29, 0.717) is 23.7 Å².